The van der Waals surface area contributed by atoms with Gasteiger partial charge in [0.05, 0.1) is 0 Å². The van der Waals surface area contributed by atoms with Gasteiger partial charge in [-0.2, -0.15) is 0 Å². The molecule has 0 saturated heterocycles. The summed E-state index contributed by atoms with van der Waals surface area (Å²) in [5.41, 5.74) is 2.04. The SMILES string of the molecule is O=C(O)C(=S)C1C=Cc2ccccc21. The lowest BCUT2D eigenvalue weighted by Crippen LogP contribution is -2.17. The molecule has 0 radical (unpaired) electrons. The number of allylic oxidation sites excluding steroid dienone is 1. The van der Waals surface area contributed by atoms with Crippen molar-refractivity contribution in [2.75, 3.05) is 0 Å². The van der Waals surface area contributed by atoms with E-state index < -0.39 is 5.97 Å². The van der Waals surface area contributed by atoms with Crippen LogP contribution in [0.5, 0.6) is 0 Å². The predicted octanol–water partition coefficient (Wildman–Crippen LogP) is 2.25. The van der Waals surface area contributed by atoms with E-state index in [0.717, 1.165) is 11.1 Å². The molecule has 1 atom stereocenters. The van der Waals surface area contributed by atoms with Crippen molar-refractivity contribution in [3.63, 3.8) is 0 Å². The van der Waals surface area contributed by atoms with Crippen LogP contribution in [0.25, 0.3) is 6.08 Å². The van der Waals surface area contributed by atoms with Crippen LogP contribution < -0.4 is 0 Å². The van der Waals surface area contributed by atoms with E-state index in [0.29, 0.717) is 0 Å². The van der Waals surface area contributed by atoms with Crippen molar-refractivity contribution in [1.29, 1.82) is 0 Å². The zero-order valence-corrected chi connectivity index (χ0v) is 8.12. The standard InChI is InChI=1S/C11H8O2S/c12-11(13)10(14)9-6-5-7-3-1-2-4-8(7)9/h1-6,9H,(H,12,13). The smallest absolute Gasteiger partial charge is 0.343 e. The Kier molecular flexibility index (Phi) is 2.17. The van der Waals surface area contributed by atoms with Gasteiger partial charge in [-0.15, -0.1) is 0 Å². The van der Waals surface area contributed by atoms with E-state index >= 15 is 0 Å². The van der Waals surface area contributed by atoms with E-state index in [9.17, 15) is 4.79 Å². The fraction of sp³-hybridized carbons (Fsp3) is 0.0909. The Morgan fingerprint density at radius 1 is 1.36 bits per heavy atom. The molecule has 2 nitrogen and oxygen atoms in total. The van der Waals surface area contributed by atoms with Crippen LogP contribution >= 0.6 is 12.2 Å². The van der Waals surface area contributed by atoms with E-state index in [1.165, 1.54) is 0 Å². The van der Waals surface area contributed by atoms with Crippen LogP contribution in [-0.2, 0) is 4.79 Å². The Morgan fingerprint density at radius 3 is 2.79 bits per heavy atom. The zero-order chi connectivity index (χ0) is 10.1. The van der Waals surface area contributed by atoms with E-state index in [4.69, 9.17) is 17.3 Å². The van der Waals surface area contributed by atoms with Gasteiger partial charge in [0.1, 0.15) is 4.86 Å². The first-order valence-electron chi connectivity index (χ1n) is 4.24. The molecule has 0 aromatic heterocycles. The maximum absolute atomic E-state index is 10.7. The maximum atomic E-state index is 10.7. The van der Waals surface area contributed by atoms with E-state index in [-0.39, 0.29) is 10.8 Å². The van der Waals surface area contributed by atoms with Crippen LogP contribution in [-0.4, -0.2) is 15.9 Å². The number of carbonyl (C=O) groups is 1. The molecule has 2 rings (SSSR count). The van der Waals surface area contributed by atoms with Crippen LogP contribution in [0.4, 0.5) is 0 Å². The Morgan fingerprint density at radius 2 is 2.07 bits per heavy atom. The van der Waals surface area contributed by atoms with Crippen molar-refractivity contribution in [3.8, 4) is 0 Å². The Hall–Kier alpha value is -1.48. The molecule has 1 aliphatic rings. The second-order valence-corrected chi connectivity index (χ2v) is 3.57. The summed E-state index contributed by atoms with van der Waals surface area (Å²) in [6.07, 6.45) is 3.75. The van der Waals surface area contributed by atoms with Crippen molar-refractivity contribution >= 4 is 29.1 Å². The highest BCUT2D eigenvalue weighted by Crippen LogP contribution is 2.30. The number of rotatable bonds is 2. The van der Waals surface area contributed by atoms with Gasteiger partial charge in [-0.3, -0.25) is 0 Å². The zero-order valence-electron chi connectivity index (χ0n) is 7.31. The molecule has 70 valence electrons. The summed E-state index contributed by atoms with van der Waals surface area (Å²) in [6.45, 7) is 0. The minimum absolute atomic E-state index is 0.0613. The molecule has 1 aliphatic carbocycles. The Balaban J connectivity index is 2.40. The molecule has 1 N–H and O–H groups in total. The highest BCUT2D eigenvalue weighted by atomic mass is 32.1. The molecule has 0 saturated carbocycles. The second kappa shape index (κ2) is 3.35. The number of carboxylic acid groups (broad SMARTS) is 1. The maximum Gasteiger partial charge on any atom is 0.343 e. The number of benzene rings is 1. The minimum Gasteiger partial charge on any atom is -0.477 e. The molecule has 0 heterocycles. The molecule has 1 aromatic rings. The summed E-state index contributed by atoms with van der Waals surface area (Å²) in [5, 5.41) is 8.79. The first kappa shape index (κ1) is 9.09. The molecule has 0 bridgehead atoms. The third-order valence-electron chi connectivity index (χ3n) is 2.29. The Bertz CT molecular complexity index is 435. The number of thiocarbonyl (C=S) groups is 1. The fourth-order valence-corrected chi connectivity index (χ4v) is 1.82. The van der Waals surface area contributed by atoms with Gasteiger partial charge in [-0.25, -0.2) is 4.79 Å². The van der Waals surface area contributed by atoms with Gasteiger partial charge in [0.25, 0.3) is 0 Å². The van der Waals surface area contributed by atoms with Gasteiger partial charge in [0, 0.05) is 5.92 Å². The van der Waals surface area contributed by atoms with E-state index in [2.05, 4.69) is 0 Å². The van der Waals surface area contributed by atoms with Crippen LogP contribution in [0, 0.1) is 0 Å². The van der Waals surface area contributed by atoms with Crippen molar-refractivity contribution in [2.24, 2.45) is 0 Å². The molecule has 1 aromatic carbocycles. The van der Waals surface area contributed by atoms with E-state index in [1.54, 1.807) is 0 Å². The number of hydrogen-bond donors (Lipinski definition) is 1. The van der Waals surface area contributed by atoms with Gasteiger partial charge >= 0.3 is 5.97 Å². The highest BCUT2D eigenvalue weighted by molar-refractivity contribution is 7.82. The van der Waals surface area contributed by atoms with Crippen LogP contribution in [0.3, 0.4) is 0 Å². The molecule has 14 heavy (non-hydrogen) atoms. The number of carboxylic acids is 1. The van der Waals surface area contributed by atoms with Crippen molar-refractivity contribution in [1.82, 2.24) is 0 Å². The largest absolute Gasteiger partial charge is 0.477 e. The first-order valence-corrected chi connectivity index (χ1v) is 4.65. The van der Waals surface area contributed by atoms with Crippen molar-refractivity contribution in [2.45, 2.75) is 5.92 Å². The number of aliphatic carboxylic acids is 1. The van der Waals surface area contributed by atoms with Gasteiger partial charge < -0.3 is 5.11 Å². The summed E-state index contributed by atoms with van der Waals surface area (Å²) in [4.78, 5) is 10.8. The molecular formula is C11H8O2S. The topological polar surface area (TPSA) is 37.3 Å². The quantitative estimate of drug-likeness (QED) is 0.751. The number of hydrogen-bond acceptors (Lipinski definition) is 2. The molecule has 0 aliphatic heterocycles. The molecule has 1 unspecified atom stereocenters. The van der Waals surface area contributed by atoms with Crippen molar-refractivity contribution < 1.29 is 9.90 Å². The van der Waals surface area contributed by atoms with Crippen molar-refractivity contribution in [3.05, 3.63) is 41.5 Å². The third kappa shape index (κ3) is 1.36. The monoisotopic (exact) mass is 204 g/mol. The molecule has 0 spiro atoms. The lowest BCUT2D eigenvalue weighted by molar-refractivity contribution is -0.129. The normalized spacial score (nSPS) is 17.9. The van der Waals surface area contributed by atoms with Gasteiger partial charge in [0.15, 0.2) is 0 Å². The molecule has 3 heteroatoms. The minimum atomic E-state index is -1.01. The summed E-state index contributed by atoms with van der Waals surface area (Å²) in [6, 6.07) is 7.68. The third-order valence-corrected chi connectivity index (χ3v) is 2.72. The predicted molar refractivity (Wildman–Crippen MR) is 58.5 cm³/mol. The first-order chi connectivity index (χ1) is 6.70. The number of fused-ring (bicyclic) bond motifs is 1. The molecule has 0 amide bonds. The average Bonchev–Trinajstić information content (AvgIpc) is 2.60. The lowest BCUT2D eigenvalue weighted by atomic mass is 9.98. The van der Waals surface area contributed by atoms with Crippen LogP contribution in [0.15, 0.2) is 30.3 Å². The lowest BCUT2D eigenvalue weighted by Gasteiger charge is -2.08. The van der Waals surface area contributed by atoms with Gasteiger partial charge in [-0.1, -0.05) is 48.6 Å². The molecule has 0 fully saturated rings. The highest BCUT2D eigenvalue weighted by Gasteiger charge is 2.24. The summed E-state index contributed by atoms with van der Waals surface area (Å²) in [5.74, 6) is -1.25. The van der Waals surface area contributed by atoms with Gasteiger partial charge in [-0.05, 0) is 11.1 Å². The fourth-order valence-electron chi connectivity index (χ4n) is 1.61. The molecular weight excluding hydrogens is 196 g/mol. The summed E-state index contributed by atoms with van der Waals surface area (Å²) < 4.78 is 0. The van der Waals surface area contributed by atoms with Gasteiger partial charge in [0.2, 0.25) is 0 Å². The van der Waals surface area contributed by atoms with Crippen LogP contribution in [0.1, 0.15) is 17.0 Å². The summed E-state index contributed by atoms with van der Waals surface area (Å²) in [7, 11) is 0. The summed E-state index contributed by atoms with van der Waals surface area (Å²) >= 11 is 4.86. The second-order valence-electron chi connectivity index (χ2n) is 3.14. The Labute approximate surface area is 86.9 Å². The van der Waals surface area contributed by atoms with Crippen LogP contribution in [0.2, 0.25) is 0 Å². The average molecular weight is 204 g/mol. The van der Waals surface area contributed by atoms with E-state index in [1.807, 2.05) is 36.4 Å².